The van der Waals surface area contributed by atoms with Crippen molar-refractivity contribution in [1.29, 1.82) is 0 Å². The maximum absolute atomic E-state index is 14.3. The number of nitrogens with two attached hydrogens (primary N) is 1. The molecule has 1 atom stereocenters. The molecule has 35 heavy (non-hydrogen) atoms. The average molecular weight is 497 g/mol. The van der Waals surface area contributed by atoms with Crippen molar-refractivity contribution in [2.75, 3.05) is 32.3 Å². The predicted molar refractivity (Wildman–Crippen MR) is 124 cm³/mol. The second-order valence-corrected chi connectivity index (χ2v) is 9.94. The molecular formula is C22H20N5O7P. The standard InChI is InChI=1S/C22H20N5O7P/c23-21-18-22(25-9-24-21)27(10-26-18)7-8-29-13-35(28,17-6-2-4-15-20(17)33-12-31-15)34-16-5-1-3-14-19(16)32-11-30-14/h1-6,9-10H,7-8,11-13H2,(H2,23,24,25). The van der Waals surface area contributed by atoms with Gasteiger partial charge in [-0.3, -0.25) is 4.57 Å². The number of aromatic nitrogens is 4. The highest BCUT2D eigenvalue weighted by molar-refractivity contribution is 7.67. The van der Waals surface area contributed by atoms with Crippen LogP contribution in [0.3, 0.4) is 0 Å². The molecule has 1 unspecified atom stereocenters. The summed E-state index contributed by atoms with van der Waals surface area (Å²) in [5.41, 5.74) is 6.95. The van der Waals surface area contributed by atoms with E-state index >= 15 is 0 Å². The molecule has 0 fully saturated rings. The average Bonchev–Trinajstić information content (AvgIpc) is 3.62. The summed E-state index contributed by atoms with van der Waals surface area (Å²) in [6, 6.07) is 10.3. The van der Waals surface area contributed by atoms with Crippen molar-refractivity contribution in [3.8, 4) is 28.7 Å². The first-order chi connectivity index (χ1) is 17.1. The van der Waals surface area contributed by atoms with Crippen LogP contribution in [-0.2, 0) is 15.8 Å². The van der Waals surface area contributed by atoms with Gasteiger partial charge >= 0.3 is 7.37 Å². The lowest BCUT2D eigenvalue weighted by Crippen LogP contribution is -2.17. The van der Waals surface area contributed by atoms with Crippen molar-refractivity contribution in [3.63, 3.8) is 0 Å². The second-order valence-electron chi connectivity index (χ2n) is 7.67. The molecule has 2 aromatic carbocycles. The maximum Gasteiger partial charge on any atom is 0.306 e. The first kappa shape index (κ1) is 21.5. The smallest absolute Gasteiger partial charge is 0.306 e. The van der Waals surface area contributed by atoms with Gasteiger partial charge in [0.2, 0.25) is 19.3 Å². The van der Waals surface area contributed by atoms with Crippen molar-refractivity contribution >= 4 is 29.7 Å². The molecule has 0 aliphatic carbocycles. The summed E-state index contributed by atoms with van der Waals surface area (Å²) >= 11 is 0. The Morgan fingerprint density at radius 2 is 1.74 bits per heavy atom. The lowest BCUT2D eigenvalue weighted by atomic mass is 10.3. The topological polar surface area (TPSA) is 142 Å². The third kappa shape index (κ3) is 3.86. The molecule has 0 bridgehead atoms. The van der Waals surface area contributed by atoms with Crippen LogP contribution in [0.5, 0.6) is 28.7 Å². The maximum atomic E-state index is 14.3. The molecule has 0 saturated heterocycles. The Labute approximate surface area is 199 Å². The van der Waals surface area contributed by atoms with E-state index in [4.69, 9.17) is 33.9 Å². The number of nitrogen functional groups attached to an aromatic ring is 1. The van der Waals surface area contributed by atoms with Gasteiger partial charge in [0.05, 0.1) is 18.2 Å². The number of fused-ring (bicyclic) bond motifs is 3. The SMILES string of the molecule is Nc1ncnc2c1ncn2CCOCP(=O)(Oc1cccc2c1OCO2)c1cccc2c1OCO2. The van der Waals surface area contributed by atoms with E-state index in [2.05, 4.69) is 15.0 Å². The number of para-hydroxylation sites is 2. The van der Waals surface area contributed by atoms with Crippen LogP contribution in [0.15, 0.2) is 49.1 Å². The lowest BCUT2D eigenvalue weighted by molar-refractivity contribution is 0.160. The summed E-state index contributed by atoms with van der Waals surface area (Å²) in [6.07, 6.45) is 2.76. The van der Waals surface area contributed by atoms with Crippen LogP contribution >= 0.6 is 7.37 Å². The molecule has 2 aliphatic rings. The summed E-state index contributed by atoms with van der Waals surface area (Å²) in [7, 11) is -3.66. The Kier molecular flexibility index (Phi) is 5.31. The van der Waals surface area contributed by atoms with Crippen molar-refractivity contribution in [1.82, 2.24) is 19.5 Å². The van der Waals surface area contributed by atoms with Crippen LogP contribution in [0.4, 0.5) is 5.82 Å². The molecule has 0 spiro atoms. The first-order valence-electron chi connectivity index (χ1n) is 10.7. The zero-order valence-corrected chi connectivity index (χ0v) is 19.2. The summed E-state index contributed by atoms with van der Waals surface area (Å²) in [5.74, 6) is 2.36. The molecule has 0 saturated carbocycles. The number of hydrogen-bond acceptors (Lipinski definition) is 11. The van der Waals surface area contributed by atoms with Gasteiger partial charge in [0.25, 0.3) is 0 Å². The number of benzene rings is 2. The zero-order valence-electron chi connectivity index (χ0n) is 18.3. The van der Waals surface area contributed by atoms with E-state index in [1.807, 2.05) is 0 Å². The van der Waals surface area contributed by atoms with E-state index < -0.39 is 7.37 Å². The van der Waals surface area contributed by atoms with Crippen LogP contribution in [0.2, 0.25) is 0 Å². The Hall–Kier alpha value is -4.02. The Bertz CT molecular complexity index is 1460. The molecule has 4 aromatic rings. The summed E-state index contributed by atoms with van der Waals surface area (Å²) < 4.78 is 50.1. The van der Waals surface area contributed by atoms with Crippen LogP contribution in [-0.4, -0.2) is 46.1 Å². The summed E-state index contributed by atoms with van der Waals surface area (Å²) in [4.78, 5) is 12.4. The fourth-order valence-corrected chi connectivity index (χ4v) is 5.79. The van der Waals surface area contributed by atoms with Crippen molar-refractivity contribution < 1.29 is 32.8 Å². The minimum absolute atomic E-state index is 0.0313. The third-order valence-corrected chi connectivity index (χ3v) is 7.62. The molecule has 12 nitrogen and oxygen atoms in total. The molecule has 4 heterocycles. The number of rotatable bonds is 8. The predicted octanol–water partition coefficient (Wildman–Crippen LogP) is 2.52. The molecule has 180 valence electrons. The van der Waals surface area contributed by atoms with Crippen molar-refractivity contribution in [2.45, 2.75) is 6.54 Å². The molecular weight excluding hydrogens is 477 g/mol. The van der Waals surface area contributed by atoms with E-state index in [0.29, 0.717) is 51.8 Å². The lowest BCUT2D eigenvalue weighted by Gasteiger charge is -2.22. The third-order valence-electron chi connectivity index (χ3n) is 5.52. The Morgan fingerprint density at radius 3 is 2.60 bits per heavy atom. The van der Waals surface area contributed by atoms with Gasteiger partial charge in [-0.1, -0.05) is 12.1 Å². The minimum atomic E-state index is -3.66. The van der Waals surface area contributed by atoms with Gasteiger partial charge in [0.15, 0.2) is 34.5 Å². The molecule has 0 amide bonds. The summed E-state index contributed by atoms with van der Waals surface area (Å²) in [5, 5.41) is 0.359. The van der Waals surface area contributed by atoms with E-state index in [-0.39, 0.29) is 32.3 Å². The quantitative estimate of drug-likeness (QED) is 0.283. The highest BCUT2D eigenvalue weighted by Crippen LogP contribution is 2.54. The highest BCUT2D eigenvalue weighted by Gasteiger charge is 2.36. The van der Waals surface area contributed by atoms with E-state index in [9.17, 15) is 4.57 Å². The number of imidazole rings is 1. The number of ether oxygens (including phenoxy) is 5. The van der Waals surface area contributed by atoms with Crippen LogP contribution < -0.4 is 34.5 Å². The van der Waals surface area contributed by atoms with Crippen molar-refractivity contribution in [3.05, 3.63) is 49.1 Å². The van der Waals surface area contributed by atoms with Gasteiger partial charge in [-0.15, -0.1) is 0 Å². The molecule has 2 N–H and O–H groups in total. The highest BCUT2D eigenvalue weighted by atomic mass is 31.2. The number of anilines is 1. The molecule has 0 radical (unpaired) electrons. The number of nitrogens with zero attached hydrogens (tertiary/aromatic N) is 4. The van der Waals surface area contributed by atoms with Gasteiger partial charge in [-0.2, -0.15) is 0 Å². The van der Waals surface area contributed by atoms with Gasteiger partial charge in [-0.25, -0.2) is 15.0 Å². The zero-order chi connectivity index (χ0) is 23.8. The Morgan fingerprint density at radius 1 is 0.971 bits per heavy atom. The molecule has 2 aromatic heterocycles. The largest absolute Gasteiger partial charge is 0.454 e. The fourth-order valence-electron chi connectivity index (χ4n) is 3.87. The fraction of sp³-hybridized carbons (Fsp3) is 0.227. The van der Waals surface area contributed by atoms with Crippen molar-refractivity contribution in [2.24, 2.45) is 0 Å². The molecule has 2 aliphatic heterocycles. The molecule has 13 heteroatoms. The van der Waals surface area contributed by atoms with E-state index in [0.717, 1.165) is 0 Å². The van der Waals surface area contributed by atoms with Gasteiger partial charge in [-0.05, 0) is 24.3 Å². The van der Waals surface area contributed by atoms with Crippen LogP contribution in [0.25, 0.3) is 11.2 Å². The van der Waals surface area contributed by atoms with Gasteiger partial charge in [0, 0.05) is 6.54 Å². The second kappa shape index (κ2) is 8.64. The normalized spacial score (nSPS) is 15.3. The van der Waals surface area contributed by atoms with Gasteiger partial charge in [0.1, 0.15) is 18.2 Å². The van der Waals surface area contributed by atoms with E-state index in [1.54, 1.807) is 47.3 Å². The van der Waals surface area contributed by atoms with Crippen LogP contribution in [0, 0.1) is 0 Å². The number of hydrogen-bond donors (Lipinski definition) is 1. The Balaban J connectivity index is 1.25. The molecule has 6 rings (SSSR count). The monoisotopic (exact) mass is 497 g/mol. The van der Waals surface area contributed by atoms with E-state index in [1.165, 1.54) is 6.33 Å². The van der Waals surface area contributed by atoms with Gasteiger partial charge < -0.3 is 38.5 Å². The first-order valence-corrected chi connectivity index (χ1v) is 12.5. The van der Waals surface area contributed by atoms with Crippen LogP contribution in [0.1, 0.15) is 0 Å². The summed E-state index contributed by atoms with van der Waals surface area (Å²) in [6.45, 7) is 0.698. The minimum Gasteiger partial charge on any atom is -0.454 e.